The average molecular weight is 349 g/mol. The fourth-order valence-corrected chi connectivity index (χ4v) is 3.72. The summed E-state index contributed by atoms with van der Waals surface area (Å²) in [5.41, 5.74) is 1.97. The molecule has 0 aliphatic heterocycles. The number of thiophene rings is 1. The molecule has 1 aromatic heterocycles. The average Bonchev–Trinajstić information content (AvgIpc) is 2.89. The van der Waals surface area contributed by atoms with Gasteiger partial charge in [0.15, 0.2) is 0 Å². The van der Waals surface area contributed by atoms with Crippen LogP contribution in [0.25, 0.3) is 0 Å². The van der Waals surface area contributed by atoms with Crippen LogP contribution in [0.2, 0.25) is 0 Å². The van der Waals surface area contributed by atoms with Crippen LogP contribution in [0, 0.1) is 11.3 Å². The lowest BCUT2D eigenvalue weighted by Gasteiger charge is -2.27. The van der Waals surface area contributed by atoms with E-state index in [0.717, 1.165) is 13.1 Å². The molecular weight excluding hydrogens is 332 g/mol. The van der Waals surface area contributed by atoms with Crippen LogP contribution < -0.4 is 0 Å². The van der Waals surface area contributed by atoms with E-state index >= 15 is 0 Å². The van der Waals surface area contributed by atoms with Crippen LogP contribution >= 0.6 is 27.3 Å². The van der Waals surface area contributed by atoms with Gasteiger partial charge in [0.2, 0.25) is 0 Å². The summed E-state index contributed by atoms with van der Waals surface area (Å²) in [7, 11) is 0. The Morgan fingerprint density at radius 1 is 1.25 bits per heavy atom. The molecule has 0 spiro atoms. The Kier molecular flexibility index (Phi) is 5.36. The molecule has 0 radical (unpaired) electrons. The SMILES string of the molecule is CCN(Cc1ccc(Br)s1)C(C)c1ccc(C#N)cc1. The van der Waals surface area contributed by atoms with E-state index in [1.165, 1.54) is 14.2 Å². The third kappa shape index (κ3) is 3.69. The van der Waals surface area contributed by atoms with E-state index in [0.29, 0.717) is 11.6 Å². The normalized spacial score (nSPS) is 12.3. The lowest BCUT2D eigenvalue weighted by Crippen LogP contribution is -2.25. The zero-order chi connectivity index (χ0) is 14.5. The van der Waals surface area contributed by atoms with Gasteiger partial charge in [0.05, 0.1) is 15.4 Å². The maximum Gasteiger partial charge on any atom is 0.0991 e. The number of nitrogens with zero attached hydrogens (tertiary/aromatic N) is 2. The molecule has 2 aromatic rings. The molecule has 104 valence electrons. The topological polar surface area (TPSA) is 27.0 Å². The highest BCUT2D eigenvalue weighted by Crippen LogP contribution is 2.27. The highest BCUT2D eigenvalue weighted by molar-refractivity contribution is 9.11. The molecule has 1 unspecified atom stereocenters. The Labute approximate surface area is 132 Å². The second-order valence-corrected chi connectivity index (χ2v) is 7.23. The quantitative estimate of drug-likeness (QED) is 0.762. The summed E-state index contributed by atoms with van der Waals surface area (Å²) in [6.45, 7) is 6.35. The molecule has 0 bridgehead atoms. The Balaban J connectivity index is 2.11. The third-order valence-corrected chi connectivity index (χ3v) is 5.07. The first-order valence-corrected chi connectivity index (χ1v) is 8.23. The number of rotatable bonds is 5. The molecule has 0 aliphatic rings. The van der Waals surface area contributed by atoms with Crippen molar-refractivity contribution in [3.63, 3.8) is 0 Å². The van der Waals surface area contributed by atoms with Gasteiger partial charge in [-0.2, -0.15) is 5.26 Å². The van der Waals surface area contributed by atoms with Crippen molar-refractivity contribution >= 4 is 27.3 Å². The van der Waals surface area contributed by atoms with Gasteiger partial charge in [-0.1, -0.05) is 19.1 Å². The van der Waals surface area contributed by atoms with E-state index in [-0.39, 0.29) is 0 Å². The fraction of sp³-hybridized carbons (Fsp3) is 0.312. The van der Waals surface area contributed by atoms with Crippen LogP contribution in [0.5, 0.6) is 0 Å². The number of hydrogen-bond acceptors (Lipinski definition) is 3. The van der Waals surface area contributed by atoms with E-state index in [1.807, 2.05) is 12.1 Å². The molecule has 0 amide bonds. The molecule has 1 atom stereocenters. The molecule has 0 aliphatic carbocycles. The second kappa shape index (κ2) is 7.03. The third-order valence-electron chi connectivity index (χ3n) is 3.46. The number of benzene rings is 1. The zero-order valence-corrected chi connectivity index (χ0v) is 14.0. The molecule has 1 heterocycles. The largest absolute Gasteiger partial charge is 0.292 e. The minimum atomic E-state index is 0.341. The van der Waals surface area contributed by atoms with Crippen LogP contribution in [-0.2, 0) is 6.54 Å². The minimum absolute atomic E-state index is 0.341. The van der Waals surface area contributed by atoms with Gasteiger partial charge in [0, 0.05) is 17.5 Å². The van der Waals surface area contributed by atoms with Gasteiger partial charge in [-0.15, -0.1) is 11.3 Å². The van der Waals surface area contributed by atoms with Gasteiger partial charge >= 0.3 is 0 Å². The molecule has 0 saturated carbocycles. The van der Waals surface area contributed by atoms with Crippen molar-refractivity contribution in [2.45, 2.75) is 26.4 Å². The van der Waals surface area contributed by atoms with Crippen molar-refractivity contribution in [1.29, 1.82) is 5.26 Å². The number of nitriles is 1. The van der Waals surface area contributed by atoms with Crippen LogP contribution in [0.4, 0.5) is 0 Å². The van der Waals surface area contributed by atoms with E-state index in [4.69, 9.17) is 5.26 Å². The summed E-state index contributed by atoms with van der Waals surface area (Å²) in [4.78, 5) is 3.79. The molecule has 0 fully saturated rings. The molecule has 20 heavy (non-hydrogen) atoms. The van der Waals surface area contributed by atoms with Gasteiger partial charge in [0.1, 0.15) is 0 Å². The Hall–Kier alpha value is -1.15. The highest BCUT2D eigenvalue weighted by atomic mass is 79.9. The highest BCUT2D eigenvalue weighted by Gasteiger charge is 2.15. The van der Waals surface area contributed by atoms with Crippen molar-refractivity contribution in [2.24, 2.45) is 0 Å². The van der Waals surface area contributed by atoms with E-state index in [9.17, 15) is 0 Å². The van der Waals surface area contributed by atoms with Gasteiger partial charge in [-0.3, -0.25) is 4.90 Å². The molecule has 1 aromatic carbocycles. The summed E-state index contributed by atoms with van der Waals surface area (Å²) in [5, 5.41) is 8.86. The smallest absolute Gasteiger partial charge is 0.0991 e. The summed E-state index contributed by atoms with van der Waals surface area (Å²) >= 11 is 5.29. The Morgan fingerprint density at radius 2 is 1.95 bits per heavy atom. The van der Waals surface area contributed by atoms with Gasteiger partial charge in [0.25, 0.3) is 0 Å². The van der Waals surface area contributed by atoms with Gasteiger partial charge in [-0.05, 0) is 59.2 Å². The fourth-order valence-electron chi connectivity index (χ4n) is 2.21. The molecule has 2 rings (SSSR count). The van der Waals surface area contributed by atoms with Crippen molar-refractivity contribution in [2.75, 3.05) is 6.54 Å². The van der Waals surface area contributed by atoms with Gasteiger partial charge < -0.3 is 0 Å². The number of halogens is 1. The summed E-state index contributed by atoms with van der Waals surface area (Å²) in [5.74, 6) is 0. The maximum atomic E-state index is 8.86. The predicted molar refractivity (Wildman–Crippen MR) is 87.7 cm³/mol. The zero-order valence-electron chi connectivity index (χ0n) is 11.6. The van der Waals surface area contributed by atoms with Crippen molar-refractivity contribution in [3.05, 3.63) is 56.2 Å². The maximum absolute atomic E-state index is 8.86. The van der Waals surface area contributed by atoms with Crippen molar-refractivity contribution in [3.8, 4) is 6.07 Å². The summed E-state index contributed by atoms with van der Waals surface area (Å²) in [6, 6.07) is 14.7. The number of hydrogen-bond donors (Lipinski definition) is 0. The molecule has 0 N–H and O–H groups in total. The second-order valence-electron chi connectivity index (χ2n) is 4.68. The van der Waals surface area contributed by atoms with Crippen molar-refractivity contribution < 1.29 is 0 Å². The molecular formula is C16H17BrN2S. The van der Waals surface area contributed by atoms with Crippen LogP contribution in [-0.4, -0.2) is 11.4 Å². The van der Waals surface area contributed by atoms with Crippen molar-refractivity contribution in [1.82, 2.24) is 4.90 Å². The van der Waals surface area contributed by atoms with Crippen LogP contribution in [0.1, 0.15) is 35.9 Å². The Morgan fingerprint density at radius 3 is 2.45 bits per heavy atom. The van der Waals surface area contributed by atoms with Crippen LogP contribution in [0.3, 0.4) is 0 Å². The Bertz CT molecular complexity index is 598. The lowest BCUT2D eigenvalue weighted by molar-refractivity contribution is 0.215. The first-order valence-electron chi connectivity index (χ1n) is 6.62. The van der Waals surface area contributed by atoms with Gasteiger partial charge in [-0.25, -0.2) is 0 Å². The van der Waals surface area contributed by atoms with E-state index in [2.05, 4.69) is 65.0 Å². The first-order chi connectivity index (χ1) is 9.63. The first kappa shape index (κ1) is 15.2. The monoisotopic (exact) mass is 348 g/mol. The molecule has 4 heteroatoms. The van der Waals surface area contributed by atoms with Crippen LogP contribution in [0.15, 0.2) is 40.2 Å². The standard InChI is InChI=1S/C16H17BrN2S/c1-3-19(11-15-8-9-16(17)20-15)12(2)14-6-4-13(10-18)5-7-14/h4-9,12H,3,11H2,1-2H3. The van der Waals surface area contributed by atoms with E-state index < -0.39 is 0 Å². The molecule has 2 nitrogen and oxygen atoms in total. The van der Waals surface area contributed by atoms with E-state index in [1.54, 1.807) is 11.3 Å². The predicted octanol–water partition coefficient (Wildman–Crippen LogP) is 4.97. The lowest BCUT2D eigenvalue weighted by atomic mass is 10.0. The minimum Gasteiger partial charge on any atom is -0.292 e. The summed E-state index contributed by atoms with van der Waals surface area (Å²) in [6.07, 6.45) is 0. The summed E-state index contributed by atoms with van der Waals surface area (Å²) < 4.78 is 1.18. The molecule has 0 saturated heterocycles.